The van der Waals surface area contributed by atoms with Crippen molar-refractivity contribution in [3.05, 3.63) is 35.9 Å². The fraction of sp³-hybridized carbons (Fsp3) is 0.562. The molecular formula is C16H25NO2S2. The second-order valence-electron chi connectivity index (χ2n) is 5.00. The van der Waals surface area contributed by atoms with Crippen LogP contribution in [-0.2, 0) is 25.4 Å². The van der Waals surface area contributed by atoms with E-state index in [9.17, 15) is 9.00 Å². The Labute approximate surface area is 133 Å². The van der Waals surface area contributed by atoms with Crippen molar-refractivity contribution in [1.29, 1.82) is 0 Å². The molecule has 0 bridgehead atoms. The van der Waals surface area contributed by atoms with Crippen LogP contribution in [0.5, 0.6) is 0 Å². The van der Waals surface area contributed by atoms with Crippen molar-refractivity contribution in [1.82, 2.24) is 4.90 Å². The van der Waals surface area contributed by atoms with E-state index in [0.717, 1.165) is 44.3 Å². The number of unbranched alkanes of at least 4 members (excludes halogenated alkanes) is 2. The molecule has 1 rings (SSSR count). The summed E-state index contributed by atoms with van der Waals surface area (Å²) in [5, 5.41) is 0.0285. The monoisotopic (exact) mass is 327 g/mol. The highest BCUT2D eigenvalue weighted by molar-refractivity contribution is 8.38. The summed E-state index contributed by atoms with van der Waals surface area (Å²) in [6.45, 7) is 5.78. The van der Waals surface area contributed by atoms with Crippen LogP contribution >= 0.6 is 0 Å². The van der Waals surface area contributed by atoms with Crippen LogP contribution in [0.1, 0.15) is 45.1 Å². The van der Waals surface area contributed by atoms with E-state index in [1.54, 1.807) is 0 Å². The Bertz CT molecular complexity index is 476. The molecule has 0 heterocycles. The van der Waals surface area contributed by atoms with Gasteiger partial charge in [0, 0.05) is 28.3 Å². The molecule has 0 aliphatic carbocycles. The van der Waals surface area contributed by atoms with Gasteiger partial charge >= 0.3 is 0 Å². The Balaban J connectivity index is 2.76. The van der Waals surface area contributed by atoms with E-state index in [0.29, 0.717) is 16.0 Å². The van der Waals surface area contributed by atoms with Gasteiger partial charge in [0.25, 0.3) is 5.24 Å². The van der Waals surface area contributed by atoms with Crippen molar-refractivity contribution >= 4 is 24.9 Å². The van der Waals surface area contributed by atoms with E-state index in [1.165, 1.54) is 0 Å². The van der Waals surface area contributed by atoms with E-state index >= 15 is 0 Å². The average Bonchev–Trinajstić information content (AvgIpc) is 2.53. The van der Waals surface area contributed by atoms with E-state index in [4.69, 9.17) is 0 Å². The van der Waals surface area contributed by atoms with Crippen LogP contribution in [0.15, 0.2) is 30.3 Å². The summed E-state index contributed by atoms with van der Waals surface area (Å²) in [6.07, 6.45) is 4.13. The Kier molecular flexibility index (Phi) is 9.26. The molecular weight excluding hydrogens is 302 g/mol. The van der Waals surface area contributed by atoms with Crippen molar-refractivity contribution < 1.29 is 9.00 Å². The highest BCUT2D eigenvalue weighted by Crippen LogP contribution is 2.09. The molecule has 0 fully saturated rings. The first-order chi connectivity index (χ1) is 10.2. The second-order valence-corrected chi connectivity index (χ2v) is 8.08. The lowest BCUT2D eigenvalue weighted by Gasteiger charge is -2.22. The molecule has 1 amide bonds. The Hall–Kier alpha value is -0.940. The van der Waals surface area contributed by atoms with Crippen LogP contribution in [0.25, 0.3) is 0 Å². The third kappa shape index (κ3) is 6.57. The average molecular weight is 328 g/mol. The molecule has 0 aromatic heterocycles. The van der Waals surface area contributed by atoms with Gasteiger partial charge in [-0.25, -0.2) is 4.21 Å². The fourth-order valence-electron chi connectivity index (χ4n) is 1.98. The molecule has 1 aromatic carbocycles. The Morgan fingerprint density at radius 2 is 1.67 bits per heavy atom. The first-order valence-corrected chi connectivity index (χ1v) is 10.2. The molecule has 0 spiro atoms. The lowest BCUT2D eigenvalue weighted by atomic mass is 10.2. The molecule has 0 aliphatic rings. The Morgan fingerprint density at radius 1 is 1.10 bits per heavy atom. The molecule has 0 radical (unpaired) electrons. The maximum atomic E-state index is 12.6. The summed E-state index contributed by atoms with van der Waals surface area (Å²) in [4.78, 5) is 14.5. The number of carbonyl (C=O) groups is 1. The van der Waals surface area contributed by atoms with Crippen molar-refractivity contribution in [3.63, 3.8) is 0 Å². The predicted molar refractivity (Wildman–Crippen MR) is 92.4 cm³/mol. The SMILES string of the molecule is CCCCN(CCCC)C(=O)S(Cc1ccccc1)=S=O. The fourth-order valence-corrected chi connectivity index (χ4v) is 4.22. The number of benzene rings is 1. The quantitative estimate of drug-likeness (QED) is 0.725. The third-order valence-corrected chi connectivity index (χ3v) is 5.92. The molecule has 21 heavy (non-hydrogen) atoms. The second kappa shape index (κ2) is 10.7. The molecule has 1 atom stereocenters. The molecule has 0 aliphatic heterocycles. The largest absolute Gasteiger partial charge is 0.333 e. The third-order valence-electron chi connectivity index (χ3n) is 3.24. The van der Waals surface area contributed by atoms with Gasteiger partial charge in [0.05, 0.1) is 0 Å². The number of carbonyl (C=O) groups excluding carboxylic acids is 1. The van der Waals surface area contributed by atoms with E-state index in [1.807, 2.05) is 35.2 Å². The molecule has 1 unspecified atom stereocenters. The summed E-state index contributed by atoms with van der Waals surface area (Å²) in [5.74, 6) is 0.544. The zero-order valence-electron chi connectivity index (χ0n) is 12.9. The summed E-state index contributed by atoms with van der Waals surface area (Å²) in [5.41, 5.74) is 1.06. The molecule has 1 aromatic rings. The summed E-state index contributed by atoms with van der Waals surface area (Å²) >= 11 is 0. The first kappa shape index (κ1) is 18.1. The van der Waals surface area contributed by atoms with E-state index < -0.39 is 9.45 Å². The number of hydrogen-bond acceptors (Lipinski definition) is 2. The molecule has 3 nitrogen and oxygen atoms in total. The predicted octanol–water partition coefficient (Wildman–Crippen LogP) is 3.96. The van der Waals surface area contributed by atoms with Gasteiger partial charge in [-0.1, -0.05) is 57.0 Å². The molecule has 0 saturated carbocycles. The van der Waals surface area contributed by atoms with Crippen molar-refractivity contribution in [2.45, 2.75) is 45.3 Å². The summed E-state index contributed by atoms with van der Waals surface area (Å²) in [6, 6.07) is 9.80. The van der Waals surface area contributed by atoms with Gasteiger partial charge in [0.1, 0.15) is 10.2 Å². The maximum Gasteiger partial charge on any atom is 0.288 e. The zero-order chi connectivity index (χ0) is 15.5. The minimum absolute atomic E-state index is 0.0285. The van der Waals surface area contributed by atoms with Crippen LogP contribution in [0, 0.1) is 0 Å². The Morgan fingerprint density at radius 3 is 2.14 bits per heavy atom. The van der Waals surface area contributed by atoms with Crippen molar-refractivity contribution in [2.75, 3.05) is 13.1 Å². The van der Waals surface area contributed by atoms with E-state index in [2.05, 4.69) is 13.8 Å². The lowest BCUT2D eigenvalue weighted by molar-refractivity contribution is 0.221. The van der Waals surface area contributed by atoms with Crippen LogP contribution in [-0.4, -0.2) is 27.4 Å². The van der Waals surface area contributed by atoms with Gasteiger partial charge in [-0.05, 0) is 18.4 Å². The van der Waals surface area contributed by atoms with Crippen LogP contribution < -0.4 is 0 Å². The smallest absolute Gasteiger partial charge is 0.288 e. The molecule has 118 valence electrons. The van der Waals surface area contributed by atoms with Crippen molar-refractivity contribution in [2.24, 2.45) is 0 Å². The first-order valence-electron chi connectivity index (χ1n) is 7.56. The van der Waals surface area contributed by atoms with Crippen LogP contribution in [0.4, 0.5) is 4.79 Å². The van der Waals surface area contributed by atoms with Gasteiger partial charge in [0.2, 0.25) is 0 Å². The van der Waals surface area contributed by atoms with Gasteiger partial charge in [0.15, 0.2) is 0 Å². The highest BCUT2D eigenvalue weighted by Gasteiger charge is 2.17. The highest BCUT2D eigenvalue weighted by atomic mass is 32.8. The standard InChI is InChI=1S/C16H25NO2S2/c1-3-5-12-17(13-6-4-2)16(18)21(20-19)14-15-10-8-7-9-11-15/h7-11H,3-6,12-14H2,1-2H3. The molecule has 0 saturated heterocycles. The molecule has 5 heteroatoms. The minimum atomic E-state index is -0.816. The summed E-state index contributed by atoms with van der Waals surface area (Å²) in [7, 11) is -0.361. The number of amides is 1. The zero-order valence-corrected chi connectivity index (χ0v) is 14.5. The minimum Gasteiger partial charge on any atom is -0.333 e. The van der Waals surface area contributed by atoms with Gasteiger partial charge < -0.3 is 4.90 Å². The number of rotatable bonds is 8. The number of hydrogen-bond donors (Lipinski definition) is 0. The van der Waals surface area contributed by atoms with E-state index in [-0.39, 0.29) is 5.24 Å². The van der Waals surface area contributed by atoms with Crippen molar-refractivity contribution in [3.8, 4) is 0 Å². The van der Waals surface area contributed by atoms with Crippen LogP contribution in [0.3, 0.4) is 0 Å². The van der Waals surface area contributed by atoms with Gasteiger partial charge in [-0.2, -0.15) is 0 Å². The number of nitrogens with zero attached hydrogens (tertiary/aromatic N) is 1. The normalized spacial score (nSPS) is 11.9. The van der Waals surface area contributed by atoms with Crippen LogP contribution in [0.2, 0.25) is 0 Å². The summed E-state index contributed by atoms with van der Waals surface area (Å²) < 4.78 is 11.4. The topological polar surface area (TPSA) is 37.4 Å². The lowest BCUT2D eigenvalue weighted by Crippen LogP contribution is -2.34. The van der Waals surface area contributed by atoms with Gasteiger partial charge in [-0.3, -0.25) is 4.79 Å². The van der Waals surface area contributed by atoms with Gasteiger partial charge in [-0.15, -0.1) is 0 Å². The maximum absolute atomic E-state index is 12.6. The molecule has 0 N–H and O–H groups in total.